The first-order valence-electron chi connectivity index (χ1n) is 8.99. The lowest BCUT2D eigenvalue weighted by atomic mass is 9.95. The molecular weight excluding hydrogens is 385 g/mol. The summed E-state index contributed by atoms with van der Waals surface area (Å²) in [5.41, 5.74) is 1.27. The van der Waals surface area contributed by atoms with Gasteiger partial charge in [0.2, 0.25) is 11.8 Å². The lowest BCUT2D eigenvalue weighted by Crippen LogP contribution is -2.45. The molecule has 0 aliphatic carbocycles. The highest BCUT2D eigenvalue weighted by Gasteiger charge is 2.31. The molecule has 3 rings (SSSR count). The van der Waals surface area contributed by atoms with E-state index in [1.54, 1.807) is 35.0 Å². The molecule has 1 unspecified atom stereocenters. The van der Waals surface area contributed by atoms with Gasteiger partial charge in [-0.25, -0.2) is 4.39 Å². The number of piperidine rings is 1. The summed E-state index contributed by atoms with van der Waals surface area (Å²) >= 11 is 0. The number of rotatable bonds is 5. The zero-order chi connectivity index (χ0) is 19.4. The van der Waals surface area contributed by atoms with E-state index in [1.807, 2.05) is 13.2 Å². The Morgan fingerprint density at radius 2 is 2.00 bits per heavy atom. The third-order valence-corrected chi connectivity index (χ3v) is 4.86. The van der Waals surface area contributed by atoms with Crippen LogP contribution in [0.2, 0.25) is 0 Å². The lowest BCUT2D eigenvalue weighted by Gasteiger charge is -2.33. The van der Waals surface area contributed by atoms with Gasteiger partial charge in [0.05, 0.1) is 6.20 Å². The van der Waals surface area contributed by atoms with Crippen LogP contribution in [-0.2, 0) is 16.6 Å². The zero-order valence-corrected chi connectivity index (χ0v) is 16.7. The van der Waals surface area contributed by atoms with E-state index in [4.69, 9.17) is 0 Å². The second kappa shape index (κ2) is 9.66. The van der Waals surface area contributed by atoms with E-state index >= 15 is 0 Å². The predicted molar refractivity (Wildman–Crippen MR) is 107 cm³/mol. The number of anilines is 1. The van der Waals surface area contributed by atoms with Crippen molar-refractivity contribution in [2.45, 2.75) is 18.9 Å². The van der Waals surface area contributed by atoms with Crippen molar-refractivity contribution >= 4 is 29.9 Å². The highest BCUT2D eigenvalue weighted by atomic mass is 35.5. The van der Waals surface area contributed by atoms with Gasteiger partial charge in [-0.15, -0.1) is 12.4 Å². The molecule has 2 amide bonds. The van der Waals surface area contributed by atoms with E-state index in [0.29, 0.717) is 31.6 Å². The highest BCUT2D eigenvalue weighted by molar-refractivity contribution is 5.92. The Labute approximate surface area is 169 Å². The molecule has 2 aromatic rings. The summed E-state index contributed by atoms with van der Waals surface area (Å²) in [6.45, 7) is 1.02. The Morgan fingerprint density at radius 3 is 2.57 bits per heavy atom. The fourth-order valence-electron chi connectivity index (χ4n) is 3.38. The number of aryl methyl sites for hydroxylation is 1. The topological polar surface area (TPSA) is 79.3 Å². The second-order valence-electron chi connectivity index (χ2n) is 6.77. The van der Waals surface area contributed by atoms with Crippen molar-refractivity contribution in [2.75, 3.05) is 25.5 Å². The number of nitrogens with zero attached hydrogens (tertiary/aromatic N) is 3. The van der Waals surface area contributed by atoms with Crippen LogP contribution in [-0.4, -0.2) is 46.6 Å². The van der Waals surface area contributed by atoms with Crippen LogP contribution >= 0.6 is 12.4 Å². The van der Waals surface area contributed by atoms with Crippen LogP contribution in [0.3, 0.4) is 0 Å². The average molecular weight is 410 g/mol. The Kier molecular flexibility index (Phi) is 7.53. The molecule has 2 heterocycles. The Bertz CT molecular complexity index is 820. The molecule has 1 aromatic heterocycles. The van der Waals surface area contributed by atoms with Crippen molar-refractivity contribution < 1.29 is 14.0 Å². The van der Waals surface area contributed by atoms with E-state index < -0.39 is 6.04 Å². The van der Waals surface area contributed by atoms with E-state index in [2.05, 4.69) is 15.7 Å². The molecule has 0 bridgehead atoms. The highest BCUT2D eigenvalue weighted by Crippen LogP contribution is 2.23. The minimum Gasteiger partial charge on any atom is -0.341 e. The number of aromatic nitrogens is 2. The molecule has 1 aliphatic rings. The summed E-state index contributed by atoms with van der Waals surface area (Å²) in [6, 6.07) is 5.40. The zero-order valence-electron chi connectivity index (χ0n) is 15.9. The van der Waals surface area contributed by atoms with Gasteiger partial charge in [0.15, 0.2) is 0 Å². The number of benzene rings is 1. The number of nitrogens with one attached hydrogen (secondary N) is 2. The number of likely N-dealkylation sites (tertiary alicyclic amines) is 1. The maximum Gasteiger partial charge on any atom is 0.244 e. The minimum atomic E-state index is -0.448. The van der Waals surface area contributed by atoms with Crippen molar-refractivity contribution in [3.8, 4) is 0 Å². The quantitative estimate of drug-likeness (QED) is 0.792. The van der Waals surface area contributed by atoms with Gasteiger partial charge >= 0.3 is 0 Å². The Hall–Kier alpha value is -2.45. The standard InChI is InChI=1S/C19H24FN5O2.ClH/c1-21-17(14-11-22-24(2)12-14)19(27)25-8-6-13(7-9-25)18(26)23-16-5-3-4-15(20)10-16;/h3-5,10-13,17,21H,6-9H2,1-2H3,(H,23,26);1H. The Morgan fingerprint density at radius 1 is 1.29 bits per heavy atom. The number of amides is 2. The Balaban J connectivity index is 0.00000280. The van der Waals surface area contributed by atoms with Crippen LogP contribution in [0, 0.1) is 11.7 Å². The normalized spacial score (nSPS) is 15.6. The van der Waals surface area contributed by atoms with Crippen molar-refractivity contribution in [3.05, 3.63) is 48.0 Å². The first-order valence-corrected chi connectivity index (χ1v) is 8.99. The van der Waals surface area contributed by atoms with Gasteiger partial charge in [-0.1, -0.05) is 6.07 Å². The fourth-order valence-corrected chi connectivity index (χ4v) is 3.38. The summed E-state index contributed by atoms with van der Waals surface area (Å²) in [5.74, 6) is -0.731. The van der Waals surface area contributed by atoms with E-state index in [0.717, 1.165) is 5.56 Å². The lowest BCUT2D eigenvalue weighted by molar-refractivity contribution is -0.136. The van der Waals surface area contributed by atoms with Gasteiger partial charge < -0.3 is 15.5 Å². The maximum absolute atomic E-state index is 13.2. The fraction of sp³-hybridized carbons (Fsp3) is 0.421. The maximum atomic E-state index is 13.2. The molecule has 0 radical (unpaired) electrons. The molecule has 1 fully saturated rings. The molecule has 9 heteroatoms. The molecule has 28 heavy (non-hydrogen) atoms. The molecule has 152 valence electrons. The summed E-state index contributed by atoms with van der Waals surface area (Å²) in [7, 11) is 3.55. The largest absolute Gasteiger partial charge is 0.341 e. The minimum absolute atomic E-state index is 0. The van der Waals surface area contributed by atoms with Gasteiger partial charge in [-0.05, 0) is 38.1 Å². The van der Waals surface area contributed by atoms with Crippen molar-refractivity contribution in [1.29, 1.82) is 0 Å². The van der Waals surface area contributed by atoms with Crippen LogP contribution in [0.15, 0.2) is 36.7 Å². The van der Waals surface area contributed by atoms with Crippen molar-refractivity contribution in [1.82, 2.24) is 20.0 Å². The van der Waals surface area contributed by atoms with Gasteiger partial charge in [0, 0.05) is 43.5 Å². The van der Waals surface area contributed by atoms with Gasteiger partial charge in [0.1, 0.15) is 11.9 Å². The molecule has 0 spiro atoms. The number of likely N-dealkylation sites (N-methyl/N-ethyl adjacent to an activating group) is 1. The van der Waals surface area contributed by atoms with Crippen LogP contribution in [0.25, 0.3) is 0 Å². The average Bonchev–Trinajstić information content (AvgIpc) is 3.08. The number of carbonyl (C=O) groups is 2. The van der Waals surface area contributed by atoms with Crippen LogP contribution < -0.4 is 10.6 Å². The second-order valence-corrected chi connectivity index (χ2v) is 6.77. The summed E-state index contributed by atoms with van der Waals surface area (Å²) in [4.78, 5) is 27.0. The van der Waals surface area contributed by atoms with E-state index in [-0.39, 0.29) is 36.0 Å². The van der Waals surface area contributed by atoms with E-state index in [9.17, 15) is 14.0 Å². The van der Waals surface area contributed by atoms with Crippen molar-refractivity contribution in [2.24, 2.45) is 13.0 Å². The molecule has 2 N–H and O–H groups in total. The number of hydrogen-bond donors (Lipinski definition) is 2. The summed E-state index contributed by atoms with van der Waals surface area (Å²) in [5, 5.41) is 9.92. The first kappa shape index (κ1) is 21.8. The van der Waals surface area contributed by atoms with Gasteiger partial charge in [-0.3, -0.25) is 14.3 Å². The summed E-state index contributed by atoms with van der Waals surface area (Å²) in [6.07, 6.45) is 4.66. The third kappa shape index (κ3) is 5.08. The van der Waals surface area contributed by atoms with Crippen LogP contribution in [0.5, 0.6) is 0 Å². The van der Waals surface area contributed by atoms with E-state index in [1.165, 1.54) is 12.1 Å². The molecule has 7 nitrogen and oxygen atoms in total. The first-order chi connectivity index (χ1) is 13.0. The molecule has 0 saturated carbocycles. The SMILES string of the molecule is CNC(C(=O)N1CCC(C(=O)Nc2cccc(F)c2)CC1)c1cnn(C)c1.Cl. The molecule has 1 saturated heterocycles. The monoisotopic (exact) mass is 409 g/mol. The number of carbonyl (C=O) groups excluding carboxylic acids is 2. The summed E-state index contributed by atoms with van der Waals surface area (Å²) < 4.78 is 14.9. The smallest absolute Gasteiger partial charge is 0.244 e. The molecule has 1 aromatic carbocycles. The predicted octanol–water partition coefficient (Wildman–Crippen LogP) is 2.12. The number of hydrogen-bond acceptors (Lipinski definition) is 4. The third-order valence-electron chi connectivity index (χ3n) is 4.86. The molecular formula is C19H25ClFN5O2. The van der Waals surface area contributed by atoms with Gasteiger partial charge in [0.25, 0.3) is 0 Å². The number of halogens is 2. The molecule has 1 aliphatic heterocycles. The van der Waals surface area contributed by atoms with Crippen LogP contribution in [0.1, 0.15) is 24.4 Å². The van der Waals surface area contributed by atoms with Crippen LogP contribution in [0.4, 0.5) is 10.1 Å². The van der Waals surface area contributed by atoms with Gasteiger partial charge in [-0.2, -0.15) is 5.10 Å². The van der Waals surface area contributed by atoms with Crippen molar-refractivity contribution in [3.63, 3.8) is 0 Å². The molecule has 1 atom stereocenters.